The number of nitriles is 1. The van der Waals surface area contributed by atoms with Gasteiger partial charge in [-0.2, -0.15) is 23.5 Å². The van der Waals surface area contributed by atoms with E-state index < -0.39 is 39.4 Å². The summed E-state index contributed by atoms with van der Waals surface area (Å²) in [6.45, 7) is 4.23. The predicted molar refractivity (Wildman–Crippen MR) is 198 cm³/mol. The zero-order chi connectivity index (χ0) is 41.0. The van der Waals surface area contributed by atoms with Gasteiger partial charge in [0.1, 0.15) is 27.4 Å². The summed E-state index contributed by atoms with van der Waals surface area (Å²) in [6, 6.07) is 20.5. The quantitative estimate of drug-likeness (QED) is 0.191. The van der Waals surface area contributed by atoms with Crippen LogP contribution in [0.15, 0.2) is 101 Å². The van der Waals surface area contributed by atoms with Crippen LogP contribution in [0.25, 0.3) is 22.8 Å². The van der Waals surface area contributed by atoms with Gasteiger partial charge in [0.15, 0.2) is 0 Å². The lowest BCUT2D eigenvalue weighted by Crippen LogP contribution is -2.49. The maximum Gasteiger partial charge on any atom is 0.416 e. The van der Waals surface area contributed by atoms with Crippen molar-refractivity contribution in [3.05, 3.63) is 118 Å². The van der Waals surface area contributed by atoms with Crippen LogP contribution in [0.5, 0.6) is 0 Å². The van der Waals surface area contributed by atoms with Crippen LogP contribution in [0.1, 0.15) is 34.8 Å². The highest BCUT2D eigenvalue weighted by Crippen LogP contribution is 2.31. The molecule has 5 aromatic rings. The van der Waals surface area contributed by atoms with Gasteiger partial charge in [-0.25, -0.2) is 17.8 Å². The Hall–Kier alpha value is -6.03. The van der Waals surface area contributed by atoms with Gasteiger partial charge in [0, 0.05) is 20.0 Å². The molecule has 1 fully saturated rings. The van der Waals surface area contributed by atoms with Crippen molar-refractivity contribution in [1.29, 1.82) is 5.26 Å². The number of rotatable bonds is 7. The van der Waals surface area contributed by atoms with E-state index >= 15 is 0 Å². The van der Waals surface area contributed by atoms with Crippen molar-refractivity contribution in [1.82, 2.24) is 29.4 Å². The number of halogens is 3. The van der Waals surface area contributed by atoms with Gasteiger partial charge in [0.25, 0.3) is 11.5 Å². The van der Waals surface area contributed by atoms with Gasteiger partial charge in [-0.15, -0.1) is 0 Å². The normalized spacial score (nSPS) is 14.8. The molecule has 1 saturated heterocycles. The van der Waals surface area contributed by atoms with Crippen molar-refractivity contribution in [3.63, 3.8) is 0 Å². The molecule has 6 rings (SSSR count). The summed E-state index contributed by atoms with van der Waals surface area (Å²) < 4.78 is 76.2. The van der Waals surface area contributed by atoms with E-state index in [4.69, 9.17) is 0 Å². The van der Waals surface area contributed by atoms with Crippen molar-refractivity contribution >= 4 is 21.9 Å². The number of benzene rings is 3. The van der Waals surface area contributed by atoms with Crippen LogP contribution in [0.2, 0.25) is 0 Å². The highest BCUT2D eigenvalue weighted by atomic mass is 32.2. The number of carbonyl (C=O) groups excluding carboxylic acids is 2. The number of hydrogen-bond donors (Lipinski definition) is 1. The summed E-state index contributed by atoms with van der Waals surface area (Å²) in [4.78, 5) is 42.9. The number of nitrogens with one attached hydrogen (secondary N) is 1. The molecule has 2 aromatic heterocycles. The molecule has 294 valence electrons. The summed E-state index contributed by atoms with van der Waals surface area (Å²) in [5.74, 6) is -1.16. The Kier molecular flexibility index (Phi) is 12.0. The first-order valence-corrected chi connectivity index (χ1v) is 18.7. The number of carbonyl (C=O) groups is 2. The van der Waals surface area contributed by atoms with Gasteiger partial charge >= 0.3 is 6.18 Å². The lowest BCUT2D eigenvalue weighted by Gasteiger charge is -2.28. The monoisotopic (exact) mass is 792 g/mol. The first-order valence-electron chi connectivity index (χ1n) is 17.3. The average molecular weight is 793 g/mol. The molecule has 0 saturated carbocycles. The zero-order valence-electron chi connectivity index (χ0n) is 30.9. The number of nitrogens with zero attached hydrogens (tertiary/aromatic N) is 7. The van der Waals surface area contributed by atoms with E-state index in [0.29, 0.717) is 24.3 Å². The Morgan fingerprint density at radius 3 is 2.25 bits per heavy atom. The maximum atomic E-state index is 14.0. The van der Waals surface area contributed by atoms with Crippen molar-refractivity contribution in [2.75, 3.05) is 40.3 Å². The number of likely N-dealkylation sites (N-methyl/N-ethyl adjacent to an activating group) is 1. The van der Waals surface area contributed by atoms with E-state index in [1.807, 2.05) is 6.07 Å². The second kappa shape index (κ2) is 16.4. The maximum absolute atomic E-state index is 14.0. The molecule has 3 heterocycles. The van der Waals surface area contributed by atoms with Gasteiger partial charge in [-0.1, -0.05) is 24.3 Å². The summed E-state index contributed by atoms with van der Waals surface area (Å²) >= 11 is 0. The molecular weight excluding hydrogens is 754 g/mol. The van der Waals surface area contributed by atoms with Crippen molar-refractivity contribution in [2.24, 2.45) is 7.05 Å². The lowest BCUT2D eigenvalue weighted by molar-refractivity contribution is -0.888. The van der Waals surface area contributed by atoms with Crippen molar-refractivity contribution < 1.29 is 40.2 Å². The number of amides is 2. The van der Waals surface area contributed by atoms with E-state index in [-0.39, 0.29) is 33.4 Å². The first kappa shape index (κ1) is 41.1. The smallest absolute Gasteiger partial charge is 0.416 e. The molecule has 0 aliphatic carbocycles. The van der Waals surface area contributed by atoms with E-state index in [0.717, 1.165) is 40.8 Å². The molecule has 0 unspecified atom stereocenters. The van der Waals surface area contributed by atoms with Gasteiger partial charge in [0.2, 0.25) is 5.91 Å². The largest absolute Gasteiger partial charge is 0.744 e. The number of quaternary nitrogens is 1. The Bertz CT molecular complexity index is 2430. The third-order valence-electron chi connectivity index (χ3n) is 9.27. The summed E-state index contributed by atoms with van der Waals surface area (Å²) in [6.07, 6.45) is -2.42. The molecule has 1 atom stereocenters. The highest BCUT2D eigenvalue weighted by molar-refractivity contribution is 7.85. The Balaban J connectivity index is 0.000000522. The minimum atomic E-state index is -4.67. The van der Waals surface area contributed by atoms with Crippen LogP contribution in [0, 0.1) is 11.3 Å². The Morgan fingerprint density at radius 1 is 0.964 bits per heavy atom. The third-order valence-corrected chi connectivity index (χ3v) is 10.1. The molecule has 56 heavy (non-hydrogen) atoms. The standard InChI is InChI=1S/C32H33F3N8O3.C6H6O3S/c1-21(30(45)40-15-6-17-43(3,4)18-16-40)38-29(44)27-28(26-13-14-37-41(26)24-11-9-22(20-36)10-12-24)39(2)42(31(27)46)25-8-5-7-23(19-25)32(33,34)35;7-10(8,9)6-4-2-1-3-5-6/h5,7-14,19,21H,6,15-18H2,1-4H3;1-5H,(H,7,8,9)/t21-;/m0./s1. The molecule has 14 nitrogen and oxygen atoms in total. The molecule has 1 aliphatic heterocycles. The third kappa shape index (κ3) is 9.25. The van der Waals surface area contributed by atoms with Gasteiger partial charge in [0.05, 0.1) is 79.1 Å². The van der Waals surface area contributed by atoms with E-state index in [1.165, 1.54) is 59.0 Å². The summed E-state index contributed by atoms with van der Waals surface area (Å²) in [5.41, 5.74) is -1.06. The topological polar surface area (TPSA) is 175 Å². The molecule has 0 spiro atoms. The molecule has 18 heteroatoms. The van der Waals surface area contributed by atoms with Crippen LogP contribution < -0.4 is 10.9 Å². The predicted octanol–water partition coefficient (Wildman–Crippen LogP) is 3.94. The van der Waals surface area contributed by atoms with Crippen LogP contribution in [0.4, 0.5) is 13.2 Å². The van der Waals surface area contributed by atoms with Crippen LogP contribution in [0.3, 0.4) is 0 Å². The SMILES string of the molecule is C[C@H](NC(=O)c1c(-c2ccnn2-c2ccc(C#N)cc2)n(C)n(-c2cccc(C(F)(F)F)c2)c1=O)C(=O)N1CCC[N+](C)(C)CC1.O=S(=O)([O-])c1ccccc1. The molecule has 1 aliphatic rings. The number of aromatic nitrogens is 4. The minimum absolute atomic E-state index is 0.0650. The number of alkyl halides is 3. The van der Waals surface area contributed by atoms with Gasteiger partial charge in [-0.3, -0.25) is 19.1 Å². The Morgan fingerprint density at radius 2 is 1.64 bits per heavy atom. The zero-order valence-corrected chi connectivity index (χ0v) is 31.7. The lowest BCUT2D eigenvalue weighted by atomic mass is 10.1. The highest BCUT2D eigenvalue weighted by Gasteiger charge is 2.34. The van der Waals surface area contributed by atoms with Crippen LogP contribution in [-0.2, 0) is 28.1 Å². The fourth-order valence-corrected chi connectivity index (χ4v) is 6.78. The minimum Gasteiger partial charge on any atom is -0.744 e. The molecule has 1 N–H and O–H groups in total. The first-order chi connectivity index (χ1) is 26.3. The van der Waals surface area contributed by atoms with E-state index in [1.54, 1.807) is 48.2 Å². The molecular formula is C38H39F3N8O6S. The molecule has 0 bridgehead atoms. The average Bonchev–Trinajstić information content (AvgIpc) is 3.68. The van der Waals surface area contributed by atoms with E-state index in [2.05, 4.69) is 24.5 Å². The fourth-order valence-electron chi connectivity index (χ4n) is 6.29. The second-order valence-electron chi connectivity index (χ2n) is 13.7. The second-order valence-corrected chi connectivity index (χ2v) is 15.1. The van der Waals surface area contributed by atoms with Gasteiger partial charge in [-0.05, 0) is 67.6 Å². The Labute approximate surface area is 320 Å². The summed E-state index contributed by atoms with van der Waals surface area (Å²) in [5, 5.41) is 16.2. The molecule has 0 radical (unpaired) electrons. The van der Waals surface area contributed by atoms with Gasteiger partial charge < -0.3 is 19.3 Å². The number of hydrogen-bond acceptors (Lipinski definition) is 8. The van der Waals surface area contributed by atoms with Crippen LogP contribution >= 0.6 is 0 Å². The van der Waals surface area contributed by atoms with Crippen molar-refractivity contribution in [3.8, 4) is 28.8 Å². The summed E-state index contributed by atoms with van der Waals surface area (Å²) in [7, 11) is 1.38. The fraction of sp³-hybridized carbons (Fsp3) is 0.289. The van der Waals surface area contributed by atoms with E-state index in [9.17, 15) is 45.8 Å². The molecule has 2 amide bonds. The van der Waals surface area contributed by atoms with Crippen LogP contribution in [-0.4, -0.2) is 99.6 Å². The van der Waals surface area contributed by atoms with Crippen molar-refractivity contribution in [2.45, 2.75) is 30.5 Å². The molecule has 3 aromatic carbocycles.